The van der Waals surface area contributed by atoms with Gasteiger partial charge in [0.05, 0.1) is 6.67 Å². The lowest BCUT2D eigenvalue weighted by Gasteiger charge is -1.92. The second kappa shape index (κ2) is 3.81. The number of halogens is 1. The lowest BCUT2D eigenvalue weighted by molar-refractivity contribution is 0.493. The van der Waals surface area contributed by atoms with E-state index >= 15 is 0 Å². The van der Waals surface area contributed by atoms with Crippen molar-refractivity contribution in [1.29, 1.82) is 0 Å². The summed E-state index contributed by atoms with van der Waals surface area (Å²) >= 11 is 0. The Hall–Kier alpha value is -0.370. The van der Waals surface area contributed by atoms with Crippen LogP contribution < -0.4 is 5.73 Å². The van der Waals surface area contributed by atoms with Crippen molar-refractivity contribution < 1.29 is 4.39 Å². The van der Waals surface area contributed by atoms with Crippen LogP contribution in [0.1, 0.15) is 6.42 Å². The fourth-order valence-electron chi connectivity index (χ4n) is 0.236. The Balaban J connectivity index is 3.00. The van der Waals surface area contributed by atoms with E-state index in [9.17, 15) is 4.39 Å². The molecule has 0 amide bonds. The fourth-order valence-corrected chi connectivity index (χ4v) is 0.236. The normalized spacial score (nSPS) is 8.86. The Kier molecular flexibility index (Phi) is 3.61. The average Bonchev–Trinajstić information content (AvgIpc) is 1.68. The molecular weight excluding hydrogens is 93.1 g/mol. The minimum absolute atomic E-state index is 0.337. The average molecular weight is 103 g/mol. The van der Waals surface area contributed by atoms with Crippen LogP contribution in [-0.4, -0.2) is 13.2 Å². The zero-order valence-corrected chi connectivity index (χ0v) is 4.28. The van der Waals surface area contributed by atoms with Gasteiger partial charge in [-0.05, 0) is 6.42 Å². The third kappa shape index (κ3) is 3.46. The molecule has 7 heavy (non-hydrogen) atoms. The highest BCUT2D eigenvalue weighted by Gasteiger charge is 1.85. The number of nitrogens with two attached hydrogens (primary N) is 1. The summed E-state index contributed by atoms with van der Waals surface area (Å²) in [5.41, 5.74) is 5.87. The first-order chi connectivity index (χ1) is 3.31. The zero-order valence-electron chi connectivity index (χ0n) is 4.28. The molecule has 0 aromatic carbocycles. The zero-order chi connectivity index (χ0) is 5.70. The van der Waals surface area contributed by atoms with Crippen LogP contribution in [0.5, 0.6) is 0 Å². The van der Waals surface area contributed by atoms with Crippen LogP contribution in [-0.2, 0) is 0 Å². The molecule has 0 atom stereocenters. The Bertz CT molecular complexity index is 61.1. The quantitative estimate of drug-likeness (QED) is 0.527. The summed E-state index contributed by atoms with van der Waals surface area (Å²) in [6.45, 7) is 3.57. The topological polar surface area (TPSA) is 26.0 Å². The number of hydrogen-bond acceptors (Lipinski definition) is 1. The van der Waals surface area contributed by atoms with Crippen molar-refractivity contribution in [1.82, 2.24) is 0 Å². The number of hydrogen-bond donors (Lipinski definition) is 1. The van der Waals surface area contributed by atoms with E-state index in [2.05, 4.69) is 6.58 Å². The van der Waals surface area contributed by atoms with Crippen LogP contribution in [0.4, 0.5) is 4.39 Å². The fraction of sp³-hybridized carbons (Fsp3) is 0.600. The van der Waals surface area contributed by atoms with Crippen LogP contribution in [0.15, 0.2) is 12.2 Å². The van der Waals surface area contributed by atoms with Gasteiger partial charge in [0.25, 0.3) is 0 Å². The van der Waals surface area contributed by atoms with Gasteiger partial charge >= 0.3 is 0 Å². The van der Waals surface area contributed by atoms with Crippen molar-refractivity contribution in [3.63, 3.8) is 0 Å². The van der Waals surface area contributed by atoms with E-state index in [0.717, 1.165) is 5.57 Å². The van der Waals surface area contributed by atoms with Crippen LogP contribution in [0.25, 0.3) is 0 Å². The SMILES string of the molecule is C=C(CN)CCF. The molecule has 42 valence electrons. The Morgan fingerprint density at radius 3 is 2.43 bits per heavy atom. The summed E-state index contributed by atoms with van der Waals surface area (Å²) in [5.74, 6) is 0. The molecule has 0 saturated carbocycles. The van der Waals surface area contributed by atoms with Crippen LogP contribution in [0.3, 0.4) is 0 Å². The van der Waals surface area contributed by atoms with Crippen molar-refractivity contribution in [2.24, 2.45) is 5.73 Å². The molecule has 2 N–H and O–H groups in total. The molecule has 0 spiro atoms. The molecule has 0 fully saturated rings. The van der Waals surface area contributed by atoms with Crippen molar-refractivity contribution in [2.75, 3.05) is 13.2 Å². The molecule has 1 nitrogen and oxygen atoms in total. The Morgan fingerprint density at radius 1 is 1.71 bits per heavy atom. The largest absolute Gasteiger partial charge is 0.327 e. The van der Waals surface area contributed by atoms with Crippen LogP contribution >= 0.6 is 0 Å². The summed E-state index contributed by atoms with van der Waals surface area (Å²) in [5, 5.41) is 0. The molecule has 0 bridgehead atoms. The van der Waals surface area contributed by atoms with Crippen LogP contribution in [0, 0.1) is 0 Å². The van der Waals surface area contributed by atoms with E-state index in [1.54, 1.807) is 0 Å². The van der Waals surface area contributed by atoms with Gasteiger partial charge in [0.2, 0.25) is 0 Å². The molecule has 0 heterocycles. The highest BCUT2D eigenvalue weighted by atomic mass is 19.1. The van der Waals surface area contributed by atoms with Gasteiger partial charge in [-0.15, -0.1) is 0 Å². The third-order valence-electron chi connectivity index (χ3n) is 0.737. The highest BCUT2D eigenvalue weighted by Crippen LogP contribution is 1.92. The molecule has 0 rings (SSSR count). The first-order valence-electron chi connectivity index (χ1n) is 2.24. The number of rotatable bonds is 3. The predicted octanol–water partition coefficient (Wildman–Crippen LogP) is 0.861. The second-order valence-corrected chi connectivity index (χ2v) is 1.39. The predicted molar refractivity (Wildman–Crippen MR) is 28.8 cm³/mol. The molecule has 0 aliphatic rings. The first kappa shape index (κ1) is 6.63. The molecule has 0 aromatic heterocycles. The maximum atomic E-state index is 11.3. The van der Waals surface area contributed by atoms with E-state index < -0.39 is 0 Å². The van der Waals surface area contributed by atoms with Gasteiger partial charge in [-0.25, -0.2) is 0 Å². The minimum atomic E-state index is -0.337. The molecule has 0 aliphatic carbocycles. The van der Waals surface area contributed by atoms with Crippen molar-refractivity contribution in [3.05, 3.63) is 12.2 Å². The van der Waals surface area contributed by atoms with Crippen molar-refractivity contribution >= 4 is 0 Å². The summed E-state index contributed by atoms with van der Waals surface area (Å²) in [4.78, 5) is 0. The summed E-state index contributed by atoms with van der Waals surface area (Å²) in [6, 6.07) is 0. The third-order valence-corrected chi connectivity index (χ3v) is 0.737. The molecular formula is C5H10FN. The number of alkyl halides is 1. The van der Waals surface area contributed by atoms with E-state index in [0.29, 0.717) is 13.0 Å². The van der Waals surface area contributed by atoms with E-state index in [4.69, 9.17) is 5.73 Å². The standard InChI is InChI=1S/C5H10FN/c1-5(4-7)2-3-6/h1-4,7H2. The molecule has 0 aliphatic heterocycles. The van der Waals surface area contributed by atoms with Crippen molar-refractivity contribution in [2.45, 2.75) is 6.42 Å². The lowest BCUT2D eigenvalue weighted by atomic mass is 10.2. The molecule has 0 unspecified atom stereocenters. The highest BCUT2D eigenvalue weighted by molar-refractivity contribution is 4.94. The Labute approximate surface area is 43.0 Å². The van der Waals surface area contributed by atoms with Gasteiger partial charge in [0.1, 0.15) is 0 Å². The van der Waals surface area contributed by atoms with E-state index in [1.165, 1.54) is 0 Å². The summed E-state index contributed by atoms with van der Waals surface area (Å²) in [7, 11) is 0. The van der Waals surface area contributed by atoms with Gasteiger partial charge in [0.15, 0.2) is 0 Å². The first-order valence-corrected chi connectivity index (χ1v) is 2.24. The minimum Gasteiger partial charge on any atom is -0.327 e. The summed E-state index contributed by atoms with van der Waals surface area (Å²) < 4.78 is 11.3. The molecule has 0 aromatic rings. The van der Waals surface area contributed by atoms with Gasteiger partial charge < -0.3 is 5.73 Å². The molecule has 0 radical (unpaired) electrons. The van der Waals surface area contributed by atoms with Gasteiger partial charge in [-0.2, -0.15) is 0 Å². The van der Waals surface area contributed by atoms with E-state index in [-0.39, 0.29) is 6.67 Å². The van der Waals surface area contributed by atoms with Gasteiger partial charge in [-0.3, -0.25) is 4.39 Å². The molecule has 0 saturated heterocycles. The maximum absolute atomic E-state index is 11.3. The molecule has 2 heteroatoms. The second-order valence-electron chi connectivity index (χ2n) is 1.39. The van der Waals surface area contributed by atoms with Gasteiger partial charge in [0, 0.05) is 6.54 Å². The monoisotopic (exact) mass is 103 g/mol. The smallest absolute Gasteiger partial charge is 0.0931 e. The van der Waals surface area contributed by atoms with Crippen LogP contribution in [0.2, 0.25) is 0 Å². The summed E-state index contributed by atoms with van der Waals surface area (Å²) in [6.07, 6.45) is 0.413. The van der Waals surface area contributed by atoms with Crippen molar-refractivity contribution in [3.8, 4) is 0 Å². The lowest BCUT2D eigenvalue weighted by Crippen LogP contribution is -2.01. The van der Waals surface area contributed by atoms with E-state index in [1.807, 2.05) is 0 Å². The maximum Gasteiger partial charge on any atom is 0.0931 e. The van der Waals surface area contributed by atoms with Gasteiger partial charge in [-0.1, -0.05) is 12.2 Å². The Morgan fingerprint density at radius 2 is 2.29 bits per heavy atom.